The standard InChI is InChI=1S/C18H17ClN4O5S/c1-2-7-22(10-16-20-21-18(28-16)15-4-3-8-29-15)17(24)11-27-14-6-5-12(19)9-13(14)23(25)26/h3-6,8-9H,2,7,10-11H2,1H3. The maximum Gasteiger partial charge on any atom is 0.312 e. The summed E-state index contributed by atoms with van der Waals surface area (Å²) >= 11 is 7.26. The maximum atomic E-state index is 12.6. The summed E-state index contributed by atoms with van der Waals surface area (Å²) in [5, 5.41) is 21.2. The maximum absolute atomic E-state index is 12.6. The zero-order valence-electron chi connectivity index (χ0n) is 15.4. The average molecular weight is 437 g/mol. The summed E-state index contributed by atoms with van der Waals surface area (Å²) in [6, 6.07) is 7.75. The lowest BCUT2D eigenvalue weighted by Crippen LogP contribution is -2.35. The number of ether oxygens (including phenoxy) is 1. The van der Waals surface area contributed by atoms with Crippen LogP contribution in [0.4, 0.5) is 5.69 Å². The molecular formula is C18H17ClN4O5S. The highest BCUT2D eigenvalue weighted by atomic mass is 35.5. The molecule has 9 nitrogen and oxygen atoms in total. The molecule has 11 heteroatoms. The second-order valence-corrected chi connectivity index (χ2v) is 7.34. The van der Waals surface area contributed by atoms with Crippen molar-refractivity contribution in [2.45, 2.75) is 19.9 Å². The third-order valence-electron chi connectivity index (χ3n) is 3.84. The first kappa shape index (κ1) is 20.7. The van der Waals surface area contributed by atoms with Gasteiger partial charge >= 0.3 is 5.69 Å². The molecule has 0 bridgehead atoms. The Kier molecular flexibility index (Phi) is 6.78. The van der Waals surface area contributed by atoms with Gasteiger partial charge in [0.1, 0.15) is 0 Å². The molecule has 0 fully saturated rings. The van der Waals surface area contributed by atoms with Gasteiger partial charge in [-0.05, 0) is 30.0 Å². The summed E-state index contributed by atoms with van der Waals surface area (Å²) in [6.07, 6.45) is 0.707. The third-order valence-corrected chi connectivity index (χ3v) is 4.93. The SMILES string of the molecule is CCCN(Cc1nnc(-c2cccs2)o1)C(=O)COc1ccc(Cl)cc1[N+](=O)[O-]. The minimum absolute atomic E-state index is 0.0260. The lowest BCUT2D eigenvalue weighted by molar-refractivity contribution is -0.385. The van der Waals surface area contributed by atoms with Crippen molar-refractivity contribution in [3.05, 3.63) is 56.7 Å². The van der Waals surface area contributed by atoms with E-state index in [2.05, 4.69) is 10.2 Å². The van der Waals surface area contributed by atoms with Gasteiger partial charge in [0.15, 0.2) is 12.4 Å². The van der Waals surface area contributed by atoms with E-state index in [0.29, 0.717) is 24.7 Å². The Labute approximate surface area is 175 Å². The molecule has 0 aliphatic rings. The Balaban J connectivity index is 1.66. The molecule has 0 saturated heterocycles. The van der Waals surface area contributed by atoms with Crippen molar-refractivity contribution >= 4 is 34.5 Å². The van der Waals surface area contributed by atoms with Crippen LogP contribution in [0, 0.1) is 10.1 Å². The van der Waals surface area contributed by atoms with Crippen LogP contribution in [0.2, 0.25) is 5.02 Å². The van der Waals surface area contributed by atoms with Crippen LogP contribution in [0.25, 0.3) is 10.8 Å². The quantitative estimate of drug-likeness (QED) is 0.365. The fourth-order valence-electron chi connectivity index (χ4n) is 2.53. The predicted octanol–water partition coefficient (Wildman–Crippen LogP) is 4.18. The third kappa shape index (κ3) is 5.30. The molecule has 0 aliphatic heterocycles. The Morgan fingerprint density at radius 3 is 2.90 bits per heavy atom. The van der Waals surface area contributed by atoms with Crippen LogP contribution in [0.5, 0.6) is 5.75 Å². The molecule has 0 atom stereocenters. The molecule has 0 saturated carbocycles. The van der Waals surface area contributed by atoms with Crippen molar-refractivity contribution in [1.29, 1.82) is 0 Å². The Hall–Kier alpha value is -2.98. The number of benzene rings is 1. The van der Waals surface area contributed by atoms with E-state index < -0.39 is 4.92 Å². The zero-order chi connectivity index (χ0) is 20.8. The number of rotatable bonds is 9. The Morgan fingerprint density at radius 1 is 1.38 bits per heavy atom. The van der Waals surface area contributed by atoms with E-state index >= 15 is 0 Å². The van der Waals surface area contributed by atoms with E-state index in [9.17, 15) is 14.9 Å². The smallest absolute Gasteiger partial charge is 0.312 e. The molecule has 0 N–H and O–H groups in total. The second kappa shape index (κ2) is 9.48. The van der Waals surface area contributed by atoms with Gasteiger partial charge in [0.2, 0.25) is 5.89 Å². The van der Waals surface area contributed by atoms with Crippen molar-refractivity contribution in [3.63, 3.8) is 0 Å². The monoisotopic (exact) mass is 436 g/mol. The number of carbonyl (C=O) groups excluding carboxylic acids is 1. The van der Waals surface area contributed by atoms with Gasteiger partial charge in [0.05, 0.1) is 16.3 Å². The van der Waals surface area contributed by atoms with Crippen LogP contribution in [0.3, 0.4) is 0 Å². The Bertz CT molecular complexity index is 992. The number of hydrogen-bond acceptors (Lipinski definition) is 8. The van der Waals surface area contributed by atoms with Crippen molar-refractivity contribution in [2.24, 2.45) is 0 Å². The number of nitrogens with zero attached hydrogens (tertiary/aromatic N) is 4. The molecular weight excluding hydrogens is 420 g/mol. The topological polar surface area (TPSA) is 112 Å². The molecule has 1 amide bonds. The number of carbonyl (C=O) groups is 1. The molecule has 2 heterocycles. The number of amides is 1. The van der Waals surface area contributed by atoms with E-state index in [1.165, 1.54) is 34.4 Å². The van der Waals surface area contributed by atoms with Crippen LogP contribution in [-0.4, -0.2) is 39.1 Å². The van der Waals surface area contributed by atoms with Crippen molar-refractivity contribution in [2.75, 3.05) is 13.2 Å². The number of thiophene rings is 1. The number of hydrogen-bond donors (Lipinski definition) is 0. The first-order valence-electron chi connectivity index (χ1n) is 8.68. The second-order valence-electron chi connectivity index (χ2n) is 5.95. The largest absolute Gasteiger partial charge is 0.477 e. The molecule has 29 heavy (non-hydrogen) atoms. The van der Waals surface area contributed by atoms with Crippen LogP contribution >= 0.6 is 22.9 Å². The normalized spacial score (nSPS) is 10.7. The van der Waals surface area contributed by atoms with E-state index in [0.717, 1.165) is 4.88 Å². The fourth-order valence-corrected chi connectivity index (χ4v) is 3.34. The summed E-state index contributed by atoms with van der Waals surface area (Å²) in [4.78, 5) is 25.5. The van der Waals surface area contributed by atoms with Crippen molar-refractivity contribution in [3.8, 4) is 16.5 Å². The highest BCUT2D eigenvalue weighted by Gasteiger charge is 2.21. The van der Waals surface area contributed by atoms with E-state index in [-0.39, 0.29) is 35.5 Å². The number of halogens is 1. The first-order chi connectivity index (χ1) is 14.0. The number of aromatic nitrogens is 2. The predicted molar refractivity (Wildman–Crippen MR) is 107 cm³/mol. The molecule has 152 valence electrons. The molecule has 1 aromatic carbocycles. The molecule has 0 aliphatic carbocycles. The van der Waals surface area contributed by atoms with Gasteiger partial charge in [0.25, 0.3) is 11.8 Å². The molecule has 3 aromatic rings. The minimum Gasteiger partial charge on any atom is -0.477 e. The van der Waals surface area contributed by atoms with E-state index in [1.807, 2.05) is 24.4 Å². The van der Waals surface area contributed by atoms with E-state index in [1.54, 1.807) is 0 Å². The average Bonchev–Trinajstić information content (AvgIpc) is 3.38. The van der Waals surface area contributed by atoms with Gasteiger partial charge in [-0.3, -0.25) is 14.9 Å². The van der Waals surface area contributed by atoms with Crippen LogP contribution in [0.1, 0.15) is 19.2 Å². The van der Waals surface area contributed by atoms with Crippen LogP contribution in [-0.2, 0) is 11.3 Å². The number of nitro groups is 1. The number of nitro benzene ring substituents is 1. The summed E-state index contributed by atoms with van der Waals surface area (Å²) in [5.74, 6) is 0.313. The minimum atomic E-state index is -0.611. The van der Waals surface area contributed by atoms with Gasteiger partial charge < -0.3 is 14.1 Å². The van der Waals surface area contributed by atoms with E-state index in [4.69, 9.17) is 20.8 Å². The highest BCUT2D eigenvalue weighted by Crippen LogP contribution is 2.30. The molecule has 0 unspecified atom stereocenters. The molecule has 0 spiro atoms. The summed E-state index contributed by atoms with van der Waals surface area (Å²) in [5.41, 5.74) is -0.301. The summed E-state index contributed by atoms with van der Waals surface area (Å²) in [7, 11) is 0. The zero-order valence-corrected chi connectivity index (χ0v) is 17.0. The lowest BCUT2D eigenvalue weighted by Gasteiger charge is -2.20. The molecule has 3 rings (SSSR count). The first-order valence-corrected chi connectivity index (χ1v) is 9.94. The van der Waals surface area contributed by atoms with Crippen molar-refractivity contribution < 1.29 is 18.9 Å². The van der Waals surface area contributed by atoms with Gasteiger partial charge in [-0.15, -0.1) is 21.5 Å². The van der Waals surface area contributed by atoms with Gasteiger partial charge in [-0.25, -0.2) is 0 Å². The van der Waals surface area contributed by atoms with Gasteiger partial charge in [-0.1, -0.05) is 24.6 Å². The fraction of sp³-hybridized carbons (Fsp3) is 0.278. The van der Waals surface area contributed by atoms with Gasteiger partial charge in [0, 0.05) is 17.6 Å². The highest BCUT2D eigenvalue weighted by molar-refractivity contribution is 7.13. The van der Waals surface area contributed by atoms with Crippen LogP contribution < -0.4 is 4.74 Å². The Morgan fingerprint density at radius 2 is 2.21 bits per heavy atom. The molecule has 0 radical (unpaired) electrons. The van der Waals surface area contributed by atoms with Crippen LogP contribution in [0.15, 0.2) is 40.1 Å². The summed E-state index contributed by atoms with van der Waals surface area (Å²) in [6.45, 7) is 2.13. The lowest BCUT2D eigenvalue weighted by atomic mass is 10.3. The molecule has 2 aromatic heterocycles. The van der Waals surface area contributed by atoms with Crippen molar-refractivity contribution in [1.82, 2.24) is 15.1 Å². The van der Waals surface area contributed by atoms with Gasteiger partial charge in [-0.2, -0.15) is 0 Å². The summed E-state index contributed by atoms with van der Waals surface area (Å²) < 4.78 is 11.0.